The van der Waals surface area contributed by atoms with Crippen LogP contribution in [0.15, 0.2) is 29.6 Å². The fraction of sp³-hybridized carbons (Fsp3) is 0.250. The van der Waals surface area contributed by atoms with E-state index in [-0.39, 0.29) is 24.8 Å². The number of anilines is 1. The predicted molar refractivity (Wildman–Crippen MR) is 94.5 cm³/mol. The first-order valence-electron chi connectivity index (χ1n) is 7.69. The Bertz CT molecular complexity index is 918. The van der Waals surface area contributed by atoms with Crippen LogP contribution in [-0.4, -0.2) is 44.2 Å². The molecule has 26 heavy (non-hydrogen) atoms. The van der Waals surface area contributed by atoms with Gasteiger partial charge in [0.2, 0.25) is 11.7 Å². The molecule has 3 rings (SSSR count). The third-order valence-corrected chi connectivity index (χ3v) is 4.21. The SMILES string of the molecule is COC(=O)Cc1csc(NC(=O)Cn2nnc(-c3ccc(C)cc3)n2)n1. The van der Waals surface area contributed by atoms with Crippen molar-refractivity contribution >= 4 is 28.3 Å². The zero-order chi connectivity index (χ0) is 18.5. The number of rotatable bonds is 6. The van der Waals surface area contributed by atoms with Gasteiger partial charge in [0.15, 0.2) is 5.13 Å². The molecule has 0 unspecified atom stereocenters. The summed E-state index contributed by atoms with van der Waals surface area (Å²) in [6, 6.07) is 7.71. The van der Waals surface area contributed by atoms with Crippen molar-refractivity contribution in [2.45, 2.75) is 19.9 Å². The number of tetrazole rings is 1. The molecule has 9 nitrogen and oxygen atoms in total. The van der Waals surface area contributed by atoms with Crippen LogP contribution in [0.2, 0.25) is 0 Å². The van der Waals surface area contributed by atoms with E-state index in [4.69, 9.17) is 0 Å². The average molecular weight is 372 g/mol. The summed E-state index contributed by atoms with van der Waals surface area (Å²) < 4.78 is 4.58. The second-order valence-electron chi connectivity index (χ2n) is 5.45. The first-order valence-corrected chi connectivity index (χ1v) is 8.57. The van der Waals surface area contributed by atoms with Gasteiger partial charge in [-0.1, -0.05) is 29.8 Å². The topological polar surface area (TPSA) is 112 Å². The molecule has 0 bridgehead atoms. The van der Waals surface area contributed by atoms with Gasteiger partial charge in [-0.2, -0.15) is 4.80 Å². The van der Waals surface area contributed by atoms with E-state index in [1.807, 2.05) is 31.2 Å². The Morgan fingerprint density at radius 1 is 1.27 bits per heavy atom. The van der Waals surface area contributed by atoms with Crippen LogP contribution in [0, 0.1) is 6.92 Å². The van der Waals surface area contributed by atoms with Crippen molar-refractivity contribution in [1.29, 1.82) is 0 Å². The molecule has 0 aliphatic rings. The third kappa shape index (κ3) is 4.48. The fourth-order valence-corrected chi connectivity index (χ4v) is 2.81. The van der Waals surface area contributed by atoms with Crippen LogP contribution in [0.3, 0.4) is 0 Å². The molecule has 0 saturated carbocycles. The van der Waals surface area contributed by atoms with Crippen molar-refractivity contribution in [3.05, 3.63) is 40.9 Å². The number of thiazole rings is 1. The number of hydrogen-bond donors (Lipinski definition) is 1. The molecular weight excluding hydrogens is 356 g/mol. The summed E-state index contributed by atoms with van der Waals surface area (Å²) in [5, 5.41) is 16.8. The van der Waals surface area contributed by atoms with Crippen molar-refractivity contribution in [3.63, 3.8) is 0 Å². The number of nitrogens with zero attached hydrogens (tertiary/aromatic N) is 5. The van der Waals surface area contributed by atoms with E-state index in [1.165, 1.54) is 23.2 Å². The Morgan fingerprint density at radius 2 is 2.04 bits per heavy atom. The maximum absolute atomic E-state index is 12.1. The van der Waals surface area contributed by atoms with E-state index in [0.29, 0.717) is 16.6 Å². The monoisotopic (exact) mass is 372 g/mol. The summed E-state index contributed by atoms with van der Waals surface area (Å²) in [5.74, 6) is -0.270. The minimum absolute atomic E-state index is 0.0629. The number of benzene rings is 1. The lowest BCUT2D eigenvalue weighted by Crippen LogP contribution is -2.20. The summed E-state index contributed by atoms with van der Waals surface area (Å²) in [6.45, 7) is 1.90. The number of hydrogen-bond acceptors (Lipinski definition) is 8. The van der Waals surface area contributed by atoms with E-state index < -0.39 is 0 Å². The molecule has 0 atom stereocenters. The summed E-state index contributed by atoms with van der Waals surface area (Å²) in [6.07, 6.45) is 0.0629. The summed E-state index contributed by atoms with van der Waals surface area (Å²) in [5.41, 5.74) is 2.50. The Hall–Kier alpha value is -3.14. The van der Waals surface area contributed by atoms with Crippen LogP contribution in [-0.2, 0) is 27.3 Å². The predicted octanol–water partition coefficient (Wildman–Crippen LogP) is 1.46. The Morgan fingerprint density at radius 3 is 2.77 bits per heavy atom. The molecule has 0 radical (unpaired) electrons. The van der Waals surface area contributed by atoms with Gasteiger partial charge in [-0.05, 0) is 12.1 Å². The number of nitrogens with one attached hydrogen (secondary N) is 1. The van der Waals surface area contributed by atoms with Gasteiger partial charge >= 0.3 is 5.97 Å². The standard InChI is InChI=1S/C16H16N6O3S/c1-10-3-5-11(6-4-10)15-19-21-22(20-15)8-13(23)18-16-17-12(9-26-16)7-14(24)25-2/h3-6,9H,7-8H2,1-2H3,(H,17,18,23). The van der Waals surface area contributed by atoms with Crippen molar-refractivity contribution in [3.8, 4) is 11.4 Å². The van der Waals surface area contributed by atoms with Crippen molar-refractivity contribution in [2.75, 3.05) is 12.4 Å². The van der Waals surface area contributed by atoms with Crippen LogP contribution in [0.4, 0.5) is 5.13 Å². The van der Waals surface area contributed by atoms with E-state index in [1.54, 1.807) is 5.38 Å². The molecule has 2 aromatic heterocycles. The fourth-order valence-electron chi connectivity index (χ4n) is 2.08. The lowest BCUT2D eigenvalue weighted by Gasteiger charge is -2.00. The summed E-state index contributed by atoms with van der Waals surface area (Å²) in [7, 11) is 1.31. The van der Waals surface area contributed by atoms with Gasteiger partial charge < -0.3 is 10.1 Å². The molecule has 0 aliphatic heterocycles. The number of carbonyl (C=O) groups excluding carboxylic acids is 2. The zero-order valence-electron chi connectivity index (χ0n) is 14.2. The van der Waals surface area contributed by atoms with Crippen LogP contribution in [0.25, 0.3) is 11.4 Å². The van der Waals surface area contributed by atoms with Gasteiger partial charge in [0.1, 0.15) is 6.54 Å². The van der Waals surface area contributed by atoms with Crippen molar-refractivity contribution in [1.82, 2.24) is 25.2 Å². The summed E-state index contributed by atoms with van der Waals surface area (Å²) >= 11 is 1.23. The zero-order valence-corrected chi connectivity index (χ0v) is 15.0. The molecule has 1 amide bonds. The number of aryl methyl sites for hydroxylation is 1. The normalized spacial score (nSPS) is 10.5. The summed E-state index contributed by atoms with van der Waals surface area (Å²) in [4.78, 5) is 28.7. The quantitative estimate of drug-likeness (QED) is 0.652. The first-order chi connectivity index (χ1) is 12.5. The highest BCUT2D eigenvalue weighted by Gasteiger charge is 2.12. The van der Waals surface area contributed by atoms with Crippen LogP contribution in [0.5, 0.6) is 0 Å². The van der Waals surface area contributed by atoms with E-state index in [9.17, 15) is 9.59 Å². The van der Waals surface area contributed by atoms with Gasteiger partial charge in [-0.25, -0.2) is 4.98 Å². The Kier molecular flexibility index (Phi) is 5.32. The second-order valence-corrected chi connectivity index (χ2v) is 6.31. The smallest absolute Gasteiger partial charge is 0.311 e. The molecular formula is C16H16N6O3S. The number of carbonyl (C=O) groups is 2. The Balaban J connectivity index is 1.58. The molecule has 1 N–H and O–H groups in total. The van der Waals surface area contributed by atoms with Crippen LogP contribution >= 0.6 is 11.3 Å². The van der Waals surface area contributed by atoms with Gasteiger partial charge in [0.05, 0.1) is 19.2 Å². The molecule has 0 fully saturated rings. The molecule has 0 aliphatic carbocycles. The van der Waals surface area contributed by atoms with Crippen LogP contribution in [0.1, 0.15) is 11.3 Å². The highest BCUT2D eigenvalue weighted by Crippen LogP contribution is 2.16. The second kappa shape index (κ2) is 7.83. The minimum atomic E-state index is -0.386. The molecule has 134 valence electrons. The van der Waals surface area contributed by atoms with E-state index in [0.717, 1.165) is 11.1 Å². The molecule has 0 spiro atoms. The van der Waals surface area contributed by atoms with Gasteiger partial charge in [0.25, 0.3) is 0 Å². The van der Waals surface area contributed by atoms with Crippen molar-refractivity contribution in [2.24, 2.45) is 0 Å². The van der Waals surface area contributed by atoms with E-state index >= 15 is 0 Å². The van der Waals surface area contributed by atoms with Crippen molar-refractivity contribution < 1.29 is 14.3 Å². The Labute approximate surface area is 153 Å². The highest BCUT2D eigenvalue weighted by molar-refractivity contribution is 7.13. The maximum atomic E-state index is 12.1. The number of esters is 1. The van der Waals surface area contributed by atoms with Gasteiger partial charge in [-0.3, -0.25) is 9.59 Å². The molecule has 2 heterocycles. The first kappa shape index (κ1) is 17.7. The molecule has 10 heteroatoms. The number of ether oxygens (including phenoxy) is 1. The molecule has 1 aromatic carbocycles. The number of aromatic nitrogens is 5. The number of amides is 1. The average Bonchev–Trinajstić information content (AvgIpc) is 3.25. The van der Waals surface area contributed by atoms with Crippen LogP contribution < -0.4 is 5.32 Å². The lowest BCUT2D eigenvalue weighted by atomic mass is 10.1. The number of methoxy groups -OCH3 is 1. The highest BCUT2D eigenvalue weighted by atomic mass is 32.1. The minimum Gasteiger partial charge on any atom is -0.469 e. The largest absolute Gasteiger partial charge is 0.469 e. The lowest BCUT2D eigenvalue weighted by molar-refractivity contribution is -0.139. The molecule has 0 saturated heterocycles. The molecule has 3 aromatic rings. The van der Waals surface area contributed by atoms with Gasteiger partial charge in [-0.15, -0.1) is 21.5 Å². The van der Waals surface area contributed by atoms with Gasteiger partial charge in [0, 0.05) is 10.9 Å². The third-order valence-electron chi connectivity index (χ3n) is 3.40. The van der Waals surface area contributed by atoms with E-state index in [2.05, 4.69) is 30.4 Å². The maximum Gasteiger partial charge on any atom is 0.311 e.